The second-order valence-electron chi connectivity index (χ2n) is 6.17. The standard InChI is InChI=1S/C17H24BrClO/c1-10-5-7-13(8-6-10)16(19)15-12(3)14(18)9-11(2)17(15)20-4/h9-10,13,16H,5-8H2,1-4H3. The third kappa shape index (κ3) is 3.17. The molecule has 1 fully saturated rings. The molecule has 0 bridgehead atoms. The van der Waals surface area contributed by atoms with E-state index in [1.54, 1.807) is 7.11 Å². The van der Waals surface area contributed by atoms with Gasteiger partial charge in [-0.15, -0.1) is 11.6 Å². The van der Waals surface area contributed by atoms with E-state index in [0.29, 0.717) is 5.92 Å². The lowest BCUT2D eigenvalue weighted by atomic mass is 9.79. The number of halogens is 2. The SMILES string of the molecule is COc1c(C)cc(Br)c(C)c1C(Cl)C1CCC(C)CC1. The molecule has 1 saturated carbocycles. The molecule has 0 heterocycles. The predicted molar refractivity (Wildman–Crippen MR) is 89.9 cm³/mol. The maximum Gasteiger partial charge on any atom is 0.126 e. The fourth-order valence-electron chi connectivity index (χ4n) is 3.29. The van der Waals surface area contributed by atoms with E-state index in [1.807, 2.05) is 0 Å². The number of rotatable bonds is 3. The minimum atomic E-state index is 0.0497. The van der Waals surface area contributed by atoms with E-state index in [0.717, 1.165) is 21.7 Å². The summed E-state index contributed by atoms with van der Waals surface area (Å²) in [4.78, 5) is 0. The van der Waals surface area contributed by atoms with Crippen molar-refractivity contribution in [2.24, 2.45) is 11.8 Å². The van der Waals surface area contributed by atoms with Crippen molar-refractivity contribution in [3.8, 4) is 5.75 Å². The summed E-state index contributed by atoms with van der Waals surface area (Å²) in [5.41, 5.74) is 3.54. The van der Waals surface area contributed by atoms with Gasteiger partial charge in [0.1, 0.15) is 5.75 Å². The van der Waals surface area contributed by atoms with Gasteiger partial charge in [-0.25, -0.2) is 0 Å². The molecule has 1 nitrogen and oxygen atoms in total. The monoisotopic (exact) mass is 358 g/mol. The van der Waals surface area contributed by atoms with Crippen molar-refractivity contribution < 1.29 is 4.74 Å². The average molecular weight is 360 g/mol. The largest absolute Gasteiger partial charge is 0.496 e. The highest BCUT2D eigenvalue weighted by Crippen LogP contribution is 2.46. The van der Waals surface area contributed by atoms with Crippen molar-refractivity contribution in [2.45, 2.75) is 51.8 Å². The Morgan fingerprint density at radius 3 is 2.40 bits per heavy atom. The molecule has 0 aliphatic heterocycles. The van der Waals surface area contributed by atoms with Crippen LogP contribution in [0.3, 0.4) is 0 Å². The first-order valence-corrected chi connectivity index (χ1v) is 8.66. The Morgan fingerprint density at radius 1 is 1.25 bits per heavy atom. The fourth-order valence-corrected chi connectivity index (χ4v) is 4.36. The molecule has 0 radical (unpaired) electrons. The minimum absolute atomic E-state index is 0.0497. The van der Waals surface area contributed by atoms with Crippen molar-refractivity contribution in [2.75, 3.05) is 7.11 Å². The summed E-state index contributed by atoms with van der Waals surface area (Å²) in [6.45, 7) is 6.55. The lowest BCUT2D eigenvalue weighted by Gasteiger charge is -2.31. The quantitative estimate of drug-likeness (QED) is 0.585. The Labute approximate surface area is 136 Å². The van der Waals surface area contributed by atoms with Gasteiger partial charge in [0, 0.05) is 10.0 Å². The molecule has 3 heteroatoms. The normalized spacial score (nSPS) is 24.5. The van der Waals surface area contributed by atoms with Crippen LogP contribution in [-0.4, -0.2) is 7.11 Å². The minimum Gasteiger partial charge on any atom is -0.496 e. The van der Waals surface area contributed by atoms with E-state index in [1.165, 1.54) is 36.8 Å². The smallest absolute Gasteiger partial charge is 0.126 e. The molecule has 2 rings (SSSR count). The van der Waals surface area contributed by atoms with Crippen LogP contribution in [0.25, 0.3) is 0 Å². The van der Waals surface area contributed by atoms with E-state index in [4.69, 9.17) is 16.3 Å². The summed E-state index contributed by atoms with van der Waals surface area (Å²) in [5, 5.41) is 0.0497. The summed E-state index contributed by atoms with van der Waals surface area (Å²) in [6.07, 6.45) is 5.04. The Kier molecular flexibility index (Phi) is 5.42. The van der Waals surface area contributed by atoms with Crippen LogP contribution in [0.4, 0.5) is 0 Å². The third-order valence-electron chi connectivity index (χ3n) is 4.66. The van der Waals surface area contributed by atoms with Crippen LogP contribution in [0.2, 0.25) is 0 Å². The molecule has 1 aromatic carbocycles. The van der Waals surface area contributed by atoms with Gasteiger partial charge in [0.15, 0.2) is 0 Å². The highest BCUT2D eigenvalue weighted by molar-refractivity contribution is 9.10. The van der Waals surface area contributed by atoms with Crippen LogP contribution in [0.15, 0.2) is 10.5 Å². The zero-order valence-electron chi connectivity index (χ0n) is 12.8. The van der Waals surface area contributed by atoms with E-state index < -0.39 is 0 Å². The van der Waals surface area contributed by atoms with Crippen LogP contribution >= 0.6 is 27.5 Å². The van der Waals surface area contributed by atoms with Gasteiger partial charge >= 0.3 is 0 Å². The van der Waals surface area contributed by atoms with Gasteiger partial charge in [0.2, 0.25) is 0 Å². The zero-order valence-corrected chi connectivity index (χ0v) is 15.1. The lowest BCUT2D eigenvalue weighted by molar-refractivity contribution is 0.280. The molecule has 0 N–H and O–H groups in total. The van der Waals surface area contributed by atoms with Crippen molar-refractivity contribution in [3.05, 3.63) is 27.2 Å². The maximum atomic E-state index is 6.87. The Morgan fingerprint density at radius 2 is 1.85 bits per heavy atom. The predicted octanol–water partition coefficient (Wildman–Crippen LogP) is 6.18. The molecular weight excluding hydrogens is 336 g/mol. The van der Waals surface area contributed by atoms with Gasteiger partial charge in [-0.1, -0.05) is 35.7 Å². The second-order valence-corrected chi connectivity index (χ2v) is 7.49. The van der Waals surface area contributed by atoms with Gasteiger partial charge < -0.3 is 4.74 Å². The number of benzene rings is 1. The molecule has 112 valence electrons. The maximum absolute atomic E-state index is 6.87. The number of alkyl halides is 1. The van der Waals surface area contributed by atoms with Gasteiger partial charge in [-0.2, -0.15) is 0 Å². The van der Waals surface area contributed by atoms with E-state index >= 15 is 0 Å². The average Bonchev–Trinajstić information content (AvgIpc) is 2.42. The van der Waals surface area contributed by atoms with Crippen molar-refractivity contribution in [1.82, 2.24) is 0 Å². The summed E-state index contributed by atoms with van der Waals surface area (Å²) in [6, 6.07) is 2.12. The number of aryl methyl sites for hydroxylation is 1. The first kappa shape index (κ1) is 16.2. The molecular formula is C17H24BrClO. The van der Waals surface area contributed by atoms with E-state index in [2.05, 4.69) is 42.8 Å². The van der Waals surface area contributed by atoms with Gasteiger partial charge in [0.05, 0.1) is 12.5 Å². The summed E-state index contributed by atoms with van der Waals surface area (Å²) in [5.74, 6) is 2.38. The van der Waals surface area contributed by atoms with Crippen LogP contribution in [0.1, 0.15) is 54.7 Å². The molecule has 1 aliphatic rings. The second kappa shape index (κ2) is 6.70. The van der Waals surface area contributed by atoms with Crippen LogP contribution < -0.4 is 4.74 Å². The topological polar surface area (TPSA) is 9.23 Å². The molecule has 0 spiro atoms. The molecule has 0 aromatic heterocycles. The lowest BCUT2D eigenvalue weighted by Crippen LogP contribution is -2.18. The number of ether oxygens (including phenoxy) is 1. The van der Waals surface area contributed by atoms with Crippen molar-refractivity contribution in [3.63, 3.8) is 0 Å². The molecule has 1 atom stereocenters. The van der Waals surface area contributed by atoms with E-state index in [9.17, 15) is 0 Å². The van der Waals surface area contributed by atoms with E-state index in [-0.39, 0.29) is 5.38 Å². The Balaban J connectivity index is 2.35. The summed E-state index contributed by atoms with van der Waals surface area (Å²) in [7, 11) is 1.74. The molecule has 0 saturated heterocycles. The highest BCUT2D eigenvalue weighted by Gasteiger charge is 2.30. The van der Waals surface area contributed by atoms with Crippen LogP contribution in [-0.2, 0) is 0 Å². The van der Waals surface area contributed by atoms with Gasteiger partial charge in [-0.3, -0.25) is 0 Å². The molecule has 0 amide bonds. The van der Waals surface area contributed by atoms with Crippen molar-refractivity contribution >= 4 is 27.5 Å². The van der Waals surface area contributed by atoms with Gasteiger partial charge in [-0.05, 0) is 55.7 Å². The summed E-state index contributed by atoms with van der Waals surface area (Å²) >= 11 is 10.5. The fraction of sp³-hybridized carbons (Fsp3) is 0.647. The number of hydrogen-bond acceptors (Lipinski definition) is 1. The third-order valence-corrected chi connectivity index (χ3v) is 6.06. The molecule has 1 aliphatic carbocycles. The number of hydrogen-bond donors (Lipinski definition) is 0. The first-order chi connectivity index (χ1) is 9.45. The first-order valence-electron chi connectivity index (χ1n) is 7.43. The van der Waals surface area contributed by atoms with Crippen LogP contribution in [0.5, 0.6) is 5.75 Å². The number of methoxy groups -OCH3 is 1. The van der Waals surface area contributed by atoms with Gasteiger partial charge in [0.25, 0.3) is 0 Å². The Bertz CT molecular complexity index is 478. The van der Waals surface area contributed by atoms with Crippen molar-refractivity contribution in [1.29, 1.82) is 0 Å². The molecule has 1 unspecified atom stereocenters. The molecule has 20 heavy (non-hydrogen) atoms. The van der Waals surface area contributed by atoms with Crippen LogP contribution in [0, 0.1) is 25.7 Å². The zero-order chi connectivity index (χ0) is 14.9. The summed E-state index contributed by atoms with van der Waals surface area (Å²) < 4.78 is 6.77. The Hall–Kier alpha value is -0.210. The highest BCUT2D eigenvalue weighted by atomic mass is 79.9. The molecule has 1 aromatic rings.